The molecule has 1 aromatic heterocycles. The van der Waals surface area contributed by atoms with Gasteiger partial charge in [-0.2, -0.15) is 0 Å². The third-order valence-electron chi connectivity index (χ3n) is 1.31. The largest absolute Gasteiger partial charge is 0.399 e. The van der Waals surface area contributed by atoms with Crippen LogP contribution in [0.2, 0.25) is 0 Å². The Hall–Kier alpha value is -1.23. The first-order chi connectivity index (χ1) is 5.63. The van der Waals surface area contributed by atoms with Crippen LogP contribution in [-0.4, -0.2) is 10.1 Å². The minimum atomic E-state index is -2.65. The summed E-state index contributed by atoms with van der Waals surface area (Å²) in [4.78, 5) is 3.47. The Labute approximate surface area is 67.8 Å². The molecule has 0 aliphatic heterocycles. The van der Waals surface area contributed by atoms with Gasteiger partial charge in [-0.3, -0.25) is 0 Å². The molecule has 5 heteroatoms. The number of rotatable bonds is 2. The van der Waals surface area contributed by atoms with Gasteiger partial charge in [-0.15, -0.1) is 0 Å². The van der Waals surface area contributed by atoms with Crippen molar-refractivity contribution in [1.82, 2.24) is 4.98 Å². The predicted molar refractivity (Wildman–Crippen MR) is 39.5 cm³/mol. The minimum Gasteiger partial charge on any atom is -0.399 e. The molecular formula is C7H8F2N2O. The van der Waals surface area contributed by atoms with Gasteiger partial charge < -0.3 is 10.8 Å². The third kappa shape index (κ3) is 1.88. The Kier molecular flexibility index (Phi) is 2.54. The van der Waals surface area contributed by atoms with Gasteiger partial charge in [-0.1, -0.05) is 0 Å². The molecule has 3 nitrogen and oxygen atoms in total. The van der Waals surface area contributed by atoms with E-state index < -0.39 is 12.1 Å². The number of nitrogens with two attached hydrogens (primary N) is 1. The normalized spacial score (nSPS) is 10.7. The van der Waals surface area contributed by atoms with Gasteiger partial charge in [0.25, 0.3) is 6.43 Å². The highest BCUT2D eigenvalue weighted by Gasteiger charge is 2.10. The number of hydrogen-bond donors (Lipinski definition) is 2. The highest BCUT2D eigenvalue weighted by molar-refractivity contribution is 5.40. The number of anilines is 1. The van der Waals surface area contributed by atoms with E-state index in [4.69, 9.17) is 10.8 Å². The molecular weight excluding hydrogens is 166 g/mol. The molecule has 3 N–H and O–H groups in total. The summed E-state index contributed by atoms with van der Waals surface area (Å²) in [6.45, 7) is -0.384. The van der Waals surface area contributed by atoms with E-state index in [2.05, 4.69) is 4.98 Å². The average molecular weight is 174 g/mol. The quantitative estimate of drug-likeness (QED) is 0.705. The van der Waals surface area contributed by atoms with Crippen LogP contribution < -0.4 is 5.73 Å². The molecule has 1 rings (SSSR count). The van der Waals surface area contributed by atoms with Crippen molar-refractivity contribution >= 4 is 5.69 Å². The molecule has 66 valence electrons. The Balaban J connectivity index is 3.06. The van der Waals surface area contributed by atoms with Crippen molar-refractivity contribution in [2.75, 3.05) is 5.73 Å². The van der Waals surface area contributed by atoms with Gasteiger partial charge in [-0.05, 0) is 12.1 Å². The number of aromatic nitrogens is 1. The topological polar surface area (TPSA) is 59.1 Å². The second-order valence-corrected chi connectivity index (χ2v) is 2.28. The summed E-state index contributed by atoms with van der Waals surface area (Å²) in [6, 6.07) is 2.44. The van der Waals surface area contributed by atoms with Crippen LogP contribution in [0.1, 0.15) is 17.8 Å². The molecule has 1 heterocycles. The molecule has 0 bridgehead atoms. The lowest BCUT2D eigenvalue weighted by atomic mass is 10.3. The summed E-state index contributed by atoms with van der Waals surface area (Å²) >= 11 is 0. The smallest absolute Gasteiger partial charge is 0.280 e. The maximum absolute atomic E-state index is 12.1. The molecule has 0 unspecified atom stereocenters. The molecule has 0 aliphatic rings. The van der Waals surface area contributed by atoms with Gasteiger partial charge in [0, 0.05) is 5.69 Å². The number of nitrogens with zero attached hydrogens (tertiary/aromatic N) is 1. The van der Waals surface area contributed by atoms with Gasteiger partial charge >= 0.3 is 0 Å². The molecule has 0 atom stereocenters. The van der Waals surface area contributed by atoms with Crippen molar-refractivity contribution in [2.45, 2.75) is 13.0 Å². The predicted octanol–water partition coefficient (Wildman–Crippen LogP) is 1.09. The monoisotopic (exact) mass is 174 g/mol. The molecule has 12 heavy (non-hydrogen) atoms. The Morgan fingerprint density at radius 3 is 2.67 bits per heavy atom. The molecule has 0 fully saturated rings. The zero-order chi connectivity index (χ0) is 9.14. The van der Waals surface area contributed by atoms with Crippen molar-refractivity contribution in [1.29, 1.82) is 0 Å². The number of aliphatic hydroxyl groups excluding tert-OH is 1. The molecule has 0 aliphatic carbocycles. The summed E-state index contributed by atoms with van der Waals surface area (Å²) in [5.74, 6) is 0. The zero-order valence-electron chi connectivity index (χ0n) is 6.17. The fraction of sp³-hybridized carbons (Fsp3) is 0.286. The van der Waals surface area contributed by atoms with Crippen molar-refractivity contribution in [3.05, 3.63) is 23.5 Å². The van der Waals surface area contributed by atoms with Crippen LogP contribution >= 0.6 is 0 Å². The fourth-order valence-corrected chi connectivity index (χ4v) is 0.828. The van der Waals surface area contributed by atoms with Crippen molar-refractivity contribution in [3.8, 4) is 0 Å². The number of nitrogen functional groups attached to an aromatic ring is 1. The van der Waals surface area contributed by atoms with Gasteiger partial charge in [0.05, 0.1) is 12.3 Å². The van der Waals surface area contributed by atoms with Crippen LogP contribution in [0.25, 0.3) is 0 Å². The van der Waals surface area contributed by atoms with E-state index in [1.807, 2.05) is 0 Å². The van der Waals surface area contributed by atoms with Crippen molar-refractivity contribution < 1.29 is 13.9 Å². The summed E-state index contributed by atoms with van der Waals surface area (Å²) in [7, 11) is 0. The molecule has 0 saturated heterocycles. The van der Waals surface area contributed by atoms with E-state index >= 15 is 0 Å². The Morgan fingerprint density at radius 1 is 1.50 bits per heavy atom. The first kappa shape index (κ1) is 8.86. The third-order valence-corrected chi connectivity index (χ3v) is 1.31. The summed E-state index contributed by atoms with van der Waals surface area (Å²) in [6.07, 6.45) is -2.65. The molecule has 0 spiro atoms. The minimum absolute atomic E-state index is 0.158. The number of pyridine rings is 1. The number of hydrogen-bond acceptors (Lipinski definition) is 3. The van der Waals surface area contributed by atoms with Crippen molar-refractivity contribution in [2.24, 2.45) is 0 Å². The van der Waals surface area contributed by atoms with E-state index in [1.165, 1.54) is 6.07 Å². The molecule has 0 saturated carbocycles. The van der Waals surface area contributed by atoms with Gasteiger partial charge in [0.15, 0.2) is 0 Å². The van der Waals surface area contributed by atoms with Crippen LogP contribution in [-0.2, 0) is 6.61 Å². The van der Waals surface area contributed by atoms with Crippen LogP contribution in [0.5, 0.6) is 0 Å². The average Bonchev–Trinajstić information content (AvgIpc) is 2.03. The maximum Gasteiger partial charge on any atom is 0.280 e. The summed E-state index contributed by atoms with van der Waals surface area (Å²) < 4.78 is 24.1. The van der Waals surface area contributed by atoms with E-state index in [9.17, 15) is 8.78 Å². The highest BCUT2D eigenvalue weighted by atomic mass is 19.3. The van der Waals surface area contributed by atoms with Gasteiger partial charge in [0.2, 0.25) is 0 Å². The van der Waals surface area contributed by atoms with E-state index in [-0.39, 0.29) is 18.0 Å². The Bertz CT molecular complexity index is 278. The standard InChI is InChI=1S/C7H8F2N2O/c8-7(9)6-2-4(10)1-5(3-12)11-6/h1-2,7,12H,3H2,(H2,10,11). The van der Waals surface area contributed by atoms with Crippen molar-refractivity contribution in [3.63, 3.8) is 0 Å². The molecule has 1 aromatic rings. The number of alkyl halides is 2. The highest BCUT2D eigenvalue weighted by Crippen LogP contribution is 2.19. The second kappa shape index (κ2) is 3.44. The number of aliphatic hydroxyl groups is 1. The maximum atomic E-state index is 12.1. The lowest BCUT2D eigenvalue weighted by Crippen LogP contribution is -1.99. The molecule has 0 aromatic carbocycles. The second-order valence-electron chi connectivity index (χ2n) is 2.28. The lowest BCUT2D eigenvalue weighted by Gasteiger charge is -2.02. The number of halogens is 2. The van der Waals surface area contributed by atoms with Crippen LogP contribution in [0.3, 0.4) is 0 Å². The van der Waals surface area contributed by atoms with E-state index in [0.29, 0.717) is 0 Å². The van der Waals surface area contributed by atoms with Crippen LogP contribution in [0.4, 0.5) is 14.5 Å². The van der Waals surface area contributed by atoms with E-state index in [1.54, 1.807) is 0 Å². The van der Waals surface area contributed by atoms with Crippen LogP contribution in [0.15, 0.2) is 12.1 Å². The lowest BCUT2D eigenvalue weighted by molar-refractivity contribution is 0.145. The first-order valence-corrected chi connectivity index (χ1v) is 3.29. The van der Waals surface area contributed by atoms with Gasteiger partial charge in [-0.25, -0.2) is 13.8 Å². The zero-order valence-corrected chi connectivity index (χ0v) is 6.17. The summed E-state index contributed by atoms with van der Waals surface area (Å²) in [5.41, 5.74) is 5.23. The van der Waals surface area contributed by atoms with E-state index in [0.717, 1.165) is 6.07 Å². The fourth-order valence-electron chi connectivity index (χ4n) is 0.828. The summed E-state index contributed by atoms with van der Waals surface area (Å²) in [5, 5.41) is 8.61. The van der Waals surface area contributed by atoms with Crippen LogP contribution in [0, 0.1) is 0 Å². The molecule has 0 amide bonds. The van der Waals surface area contributed by atoms with Gasteiger partial charge in [0.1, 0.15) is 5.69 Å². The molecule has 0 radical (unpaired) electrons. The SMILES string of the molecule is Nc1cc(CO)nc(C(F)F)c1. The first-order valence-electron chi connectivity index (χ1n) is 3.29. The Morgan fingerprint density at radius 2 is 2.17 bits per heavy atom.